The highest BCUT2D eigenvalue weighted by Gasteiger charge is 2.30. The molecule has 2 unspecified atom stereocenters. The maximum absolute atomic E-state index is 12.7. The molecule has 6 heteroatoms. The van der Waals surface area contributed by atoms with Gasteiger partial charge >= 0.3 is 0 Å². The molecular formula is C18H24ClN3O2. The first-order valence-electron chi connectivity index (χ1n) is 8.13. The van der Waals surface area contributed by atoms with E-state index in [0.29, 0.717) is 12.5 Å². The average Bonchev–Trinajstić information content (AvgIpc) is 2.54. The van der Waals surface area contributed by atoms with E-state index < -0.39 is 0 Å². The molecule has 2 aliphatic heterocycles. The molecule has 3 rings (SSSR count). The number of carbonyl (C=O) groups is 2. The van der Waals surface area contributed by atoms with E-state index >= 15 is 0 Å². The van der Waals surface area contributed by atoms with Crippen molar-refractivity contribution >= 4 is 30.3 Å². The zero-order chi connectivity index (χ0) is 16.4. The normalized spacial score (nSPS) is 22.6. The van der Waals surface area contributed by atoms with Crippen LogP contribution in [0.3, 0.4) is 0 Å². The molecule has 1 N–H and O–H groups in total. The highest BCUT2D eigenvalue weighted by molar-refractivity contribution is 5.85. The van der Waals surface area contributed by atoms with Crippen LogP contribution in [-0.2, 0) is 9.59 Å². The van der Waals surface area contributed by atoms with Crippen molar-refractivity contribution < 1.29 is 9.59 Å². The van der Waals surface area contributed by atoms with Gasteiger partial charge in [-0.1, -0.05) is 24.3 Å². The van der Waals surface area contributed by atoms with Crippen LogP contribution in [0.2, 0.25) is 0 Å². The molecule has 2 atom stereocenters. The van der Waals surface area contributed by atoms with Gasteiger partial charge in [-0.2, -0.15) is 0 Å². The lowest BCUT2D eigenvalue weighted by molar-refractivity contribution is -0.135. The molecule has 0 bridgehead atoms. The van der Waals surface area contributed by atoms with Gasteiger partial charge in [0.1, 0.15) is 0 Å². The Morgan fingerprint density at radius 1 is 1.29 bits per heavy atom. The van der Waals surface area contributed by atoms with E-state index in [2.05, 4.69) is 12.2 Å². The molecule has 0 aliphatic carbocycles. The molecule has 1 aromatic rings. The van der Waals surface area contributed by atoms with Crippen LogP contribution in [0, 0.1) is 0 Å². The predicted octanol–water partition coefficient (Wildman–Crippen LogP) is 2.19. The number of halogens is 1. The molecule has 5 nitrogen and oxygen atoms in total. The lowest BCUT2D eigenvalue weighted by atomic mass is 9.93. The van der Waals surface area contributed by atoms with Crippen LogP contribution in [0.4, 0.5) is 0 Å². The van der Waals surface area contributed by atoms with Gasteiger partial charge in [0, 0.05) is 38.8 Å². The second-order valence-electron chi connectivity index (χ2n) is 6.29. The minimum Gasteiger partial charge on any atom is -0.340 e. The van der Waals surface area contributed by atoms with Crippen molar-refractivity contribution in [2.45, 2.75) is 32.4 Å². The molecule has 0 radical (unpaired) electrons. The quantitative estimate of drug-likeness (QED) is 0.890. The van der Waals surface area contributed by atoms with Crippen molar-refractivity contribution in [3.63, 3.8) is 0 Å². The van der Waals surface area contributed by atoms with Crippen molar-refractivity contribution in [2.75, 3.05) is 19.6 Å². The molecule has 1 aromatic carbocycles. The second kappa shape index (κ2) is 7.81. The summed E-state index contributed by atoms with van der Waals surface area (Å²) >= 11 is 0. The van der Waals surface area contributed by atoms with Crippen molar-refractivity contribution in [2.24, 2.45) is 0 Å². The van der Waals surface area contributed by atoms with Crippen LogP contribution in [0.25, 0.3) is 6.08 Å². The van der Waals surface area contributed by atoms with Gasteiger partial charge in [-0.05, 0) is 24.1 Å². The molecule has 1 fully saturated rings. The second-order valence-corrected chi connectivity index (χ2v) is 6.29. The first-order valence-corrected chi connectivity index (χ1v) is 8.13. The molecule has 2 heterocycles. The first-order chi connectivity index (χ1) is 11.1. The summed E-state index contributed by atoms with van der Waals surface area (Å²) in [5.41, 5.74) is 2.12. The van der Waals surface area contributed by atoms with Crippen LogP contribution >= 0.6 is 12.4 Å². The van der Waals surface area contributed by atoms with E-state index in [9.17, 15) is 9.59 Å². The van der Waals surface area contributed by atoms with Crippen molar-refractivity contribution in [3.8, 4) is 0 Å². The van der Waals surface area contributed by atoms with E-state index in [4.69, 9.17) is 0 Å². The summed E-state index contributed by atoms with van der Waals surface area (Å²) in [5.74, 6) is 0.0712. The van der Waals surface area contributed by atoms with E-state index in [0.717, 1.165) is 30.8 Å². The average molecular weight is 350 g/mol. The molecule has 130 valence electrons. The zero-order valence-corrected chi connectivity index (χ0v) is 14.9. The summed E-state index contributed by atoms with van der Waals surface area (Å²) in [6.45, 7) is 5.91. The molecule has 0 saturated carbocycles. The Labute approximate surface area is 149 Å². The molecule has 0 aromatic heterocycles. The van der Waals surface area contributed by atoms with Gasteiger partial charge in [-0.15, -0.1) is 12.4 Å². The summed E-state index contributed by atoms with van der Waals surface area (Å²) in [7, 11) is 0. The Morgan fingerprint density at radius 3 is 2.75 bits per heavy atom. The number of rotatable bonds is 2. The number of hydrogen-bond acceptors (Lipinski definition) is 3. The predicted molar refractivity (Wildman–Crippen MR) is 96.6 cm³/mol. The van der Waals surface area contributed by atoms with E-state index in [1.54, 1.807) is 18.0 Å². The third-order valence-corrected chi connectivity index (χ3v) is 4.56. The van der Waals surface area contributed by atoms with Gasteiger partial charge in [0.2, 0.25) is 11.8 Å². The molecule has 2 aliphatic rings. The Balaban J connectivity index is 0.00000208. The smallest absolute Gasteiger partial charge is 0.225 e. The van der Waals surface area contributed by atoms with Crippen LogP contribution in [0.15, 0.2) is 30.5 Å². The van der Waals surface area contributed by atoms with E-state index in [1.807, 2.05) is 35.2 Å². The summed E-state index contributed by atoms with van der Waals surface area (Å²) < 4.78 is 0. The van der Waals surface area contributed by atoms with Crippen LogP contribution in [0.1, 0.15) is 37.4 Å². The van der Waals surface area contributed by atoms with Crippen molar-refractivity contribution in [1.29, 1.82) is 0 Å². The third kappa shape index (κ3) is 3.79. The largest absolute Gasteiger partial charge is 0.340 e. The Kier molecular flexibility index (Phi) is 6.02. The number of amides is 2. The number of nitrogens with zero attached hydrogens (tertiary/aromatic N) is 2. The summed E-state index contributed by atoms with van der Waals surface area (Å²) in [6.07, 6.45) is 4.06. The standard InChI is InChI=1S/C18H23N3O2.ClH/c1-13-12-20(10-8-19-13)18(23)11-17-16-6-4-3-5-15(16)7-9-21(17)14(2)22;/h3-7,9,13,17,19H,8,10-12H2,1-2H3;1H. The van der Waals surface area contributed by atoms with Gasteiger partial charge in [-0.25, -0.2) is 0 Å². The summed E-state index contributed by atoms with van der Waals surface area (Å²) in [5, 5.41) is 3.34. The maximum atomic E-state index is 12.7. The third-order valence-electron chi connectivity index (χ3n) is 4.56. The van der Waals surface area contributed by atoms with Gasteiger partial charge in [0.15, 0.2) is 0 Å². The van der Waals surface area contributed by atoms with Crippen molar-refractivity contribution in [3.05, 3.63) is 41.6 Å². The number of nitrogens with one attached hydrogen (secondary N) is 1. The Bertz CT molecular complexity index is 647. The number of piperazine rings is 1. The van der Waals surface area contributed by atoms with E-state index in [-0.39, 0.29) is 30.3 Å². The fourth-order valence-electron chi connectivity index (χ4n) is 3.37. The lowest BCUT2D eigenvalue weighted by Crippen LogP contribution is -2.52. The Morgan fingerprint density at radius 2 is 2.04 bits per heavy atom. The first kappa shape index (κ1) is 18.5. The number of fused-ring (bicyclic) bond motifs is 1. The highest BCUT2D eigenvalue weighted by Crippen LogP contribution is 2.33. The molecular weight excluding hydrogens is 326 g/mol. The fourth-order valence-corrected chi connectivity index (χ4v) is 3.37. The van der Waals surface area contributed by atoms with Crippen LogP contribution in [0.5, 0.6) is 0 Å². The topological polar surface area (TPSA) is 52.7 Å². The van der Waals surface area contributed by atoms with E-state index in [1.165, 1.54) is 0 Å². The number of benzene rings is 1. The van der Waals surface area contributed by atoms with Gasteiger partial charge in [-0.3, -0.25) is 9.59 Å². The molecule has 24 heavy (non-hydrogen) atoms. The Hall–Kier alpha value is -1.85. The molecule has 1 saturated heterocycles. The SMILES string of the molecule is CC(=O)N1C=Cc2ccccc2C1CC(=O)N1CCNC(C)C1.Cl. The lowest BCUT2D eigenvalue weighted by Gasteiger charge is -2.36. The zero-order valence-electron chi connectivity index (χ0n) is 14.1. The van der Waals surface area contributed by atoms with Gasteiger partial charge in [0.25, 0.3) is 0 Å². The van der Waals surface area contributed by atoms with Gasteiger partial charge < -0.3 is 15.1 Å². The monoisotopic (exact) mass is 349 g/mol. The van der Waals surface area contributed by atoms with Crippen LogP contribution < -0.4 is 5.32 Å². The molecule has 0 spiro atoms. The minimum atomic E-state index is -0.216. The minimum absolute atomic E-state index is 0. The highest BCUT2D eigenvalue weighted by atomic mass is 35.5. The summed E-state index contributed by atoms with van der Waals surface area (Å²) in [6, 6.07) is 8.06. The van der Waals surface area contributed by atoms with Crippen LogP contribution in [-0.4, -0.2) is 47.3 Å². The fraction of sp³-hybridized carbons (Fsp3) is 0.444. The number of hydrogen-bond donors (Lipinski definition) is 1. The number of carbonyl (C=O) groups excluding carboxylic acids is 2. The van der Waals surface area contributed by atoms with Gasteiger partial charge in [0.05, 0.1) is 12.5 Å². The maximum Gasteiger partial charge on any atom is 0.225 e. The molecule has 2 amide bonds. The summed E-state index contributed by atoms with van der Waals surface area (Å²) in [4.78, 5) is 28.3. The van der Waals surface area contributed by atoms with Crippen molar-refractivity contribution in [1.82, 2.24) is 15.1 Å².